The second-order valence-electron chi connectivity index (χ2n) is 5.18. The van der Waals surface area contributed by atoms with Gasteiger partial charge in [0.2, 0.25) is 0 Å². The first-order valence-electron chi connectivity index (χ1n) is 7.49. The number of aryl methyl sites for hydroxylation is 1. The zero-order valence-corrected chi connectivity index (χ0v) is 14.0. The Labute approximate surface area is 144 Å². The zero-order chi connectivity index (χ0) is 16.8. The summed E-state index contributed by atoms with van der Waals surface area (Å²) in [4.78, 5) is 5.61. The number of nitrogens with zero attached hydrogens (tertiary/aromatic N) is 1. The molecule has 2 aromatic carbocycles. The summed E-state index contributed by atoms with van der Waals surface area (Å²) in [5, 5.41) is 1.92. The van der Waals surface area contributed by atoms with E-state index in [1.807, 2.05) is 54.8 Å². The number of hydrogen-bond acceptors (Lipinski definition) is 3. The van der Waals surface area contributed by atoms with Gasteiger partial charge in [0.1, 0.15) is 11.5 Å². The van der Waals surface area contributed by atoms with Crippen molar-refractivity contribution in [2.24, 2.45) is 4.99 Å². The minimum Gasteiger partial charge on any atom is -0.463 e. The summed E-state index contributed by atoms with van der Waals surface area (Å²) in [6.07, 6.45) is 3.52. The van der Waals surface area contributed by atoms with Crippen LogP contribution in [0, 0.1) is 12.7 Å². The smallest absolute Gasteiger partial charge is 0.152 e. The minimum atomic E-state index is -0.236. The van der Waals surface area contributed by atoms with Crippen molar-refractivity contribution in [2.75, 3.05) is 0 Å². The van der Waals surface area contributed by atoms with Gasteiger partial charge in [-0.15, -0.1) is 0 Å². The third kappa shape index (κ3) is 4.46. The van der Waals surface area contributed by atoms with Crippen molar-refractivity contribution in [3.05, 3.63) is 95.6 Å². The van der Waals surface area contributed by atoms with Crippen molar-refractivity contribution >= 4 is 23.2 Å². The van der Waals surface area contributed by atoms with E-state index in [2.05, 4.69) is 4.99 Å². The Kier molecular flexibility index (Phi) is 5.29. The first-order valence-corrected chi connectivity index (χ1v) is 8.37. The molecule has 3 aromatic rings. The first kappa shape index (κ1) is 16.3. The van der Waals surface area contributed by atoms with Gasteiger partial charge in [0, 0.05) is 4.90 Å². The van der Waals surface area contributed by atoms with E-state index in [1.165, 1.54) is 29.5 Å². The molecule has 0 spiro atoms. The van der Waals surface area contributed by atoms with Crippen LogP contribution in [0.4, 0.5) is 10.1 Å². The van der Waals surface area contributed by atoms with Crippen LogP contribution in [0.1, 0.15) is 11.3 Å². The van der Waals surface area contributed by atoms with E-state index in [1.54, 1.807) is 18.4 Å². The fourth-order valence-electron chi connectivity index (χ4n) is 2.05. The molecule has 0 N–H and O–H groups in total. The summed E-state index contributed by atoms with van der Waals surface area (Å²) in [5.74, 6) is 0.465. The summed E-state index contributed by atoms with van der Waals surface area (Å²) >= 11 is 1.50. The summed E-state index contributed by atoms with van der Waals surface area (Å²) in [6, 6.07) is 18.1. The van der Waals surface area contributed by atoms with Crippen molar-refractivity contribution in [3.63, 3.8) is 0 Å². The number of benzene rings is 2. The largest absolute Gasteiger partial charge is 0.463 e. The van der Waals surface area contributed by atoms with Gasteiger partial charge in [0.25, 0.3) is 0 Å². The van der Waals surface area contributed by atoms with Crippen molar-refractivity contribution in [3.8, 4) is 0 Å². The number of allylic oxidation sites excluding steroid dienone is 1. The number of rotatable bonds is 5. The third-order valence-corrected chi connectivity index (χ3v) is 4.12. The normalized spacial score (nSPS) is 12.0. The van der Waals surface area contributed by atoms with Gasteiger partial charge in [-0.05, 0) is 66.9 Å². The average molecular weight is 337 g/mol. The zero-order valence-electron chi connectivity index (χ0n) is 13.1. The topological polar surface area (TPSA) is 25.5 Å². The van der Waals surface area contributed by atoms with E-state index < -0.39 is 0 Å². The molecule has 0 saturated heterocycles. The molecule has 1 aromatic heterocycles. The van der Waals surface area contributed by atoms with Gasteiger partial charge in [-0.25, -0.2) is 9.38 Å². The minimum absolute atomic E-state index is 0.236. The molecular formula is C20H16FNOS. The van der Waals surface area contributed by atoms with E-state index in [4.69, 9.17) is 4.42 Å². The van der Waals surface area contributed by atoms with Crippen LogP contribution < -0.4 is 0 Å². The average Bonchev–Trinajstić information content (AvgIpc) is 3.12. The summed E-state index contributed by atoms with van der Waals surface area (Å²) in [6.45, 7) is 2.04. The molecule has 2 nitrogen and oxygen atoms in total. The maximum atomic E-state index is 12.9. The van der Waals surface area contributed by atoms with Gasteiger partial charge in [-0.1, -0.05) is 29.5 Å². The van der Waals surface area contributed by atoms with Crippen molar-refractivity contribution in [1.29, 1.82) is 0 Å². The second-order valence-corrected chi connectivity index (χ2v) is 6.16. The lowest BCUT2D eigenvalue weighted by molar-refractivity contribution is 0.558. The van der Waals surface area contributed by atoms with Gasteiger partial charge in [-0.3, -0.25) is 0 Å². The van der Waals surface area contributed by atoms with Gasteiger partial charge >= 0.3 is 0 Å². The van der Waals surface area contributed by atoms with Gasteiger partial charge < -0.3 is 4.42 Å². The summed E-state index contributed by atoms with van der Waals surface area (Å²) < 4.78 is 18.4. The lowest BCUT2D eigenvalue weighted by Gasteiger charge is -2.00. The molecule has 1 heterocycles. The fraction of sp³-hybridized carbons (Fsp3) is 0.0500. The standard InChI is InChI=1S/C20H16FNOS/c1-15-4-8-17(9-5-15)22-19(20-3-2-13-23-20)12-14-24-18-10-6-16(21)7-11-18/h2-14H,1H3/b14-12+,22-19?. The Bertz CT molecular complexity index is 834. The molecule has 0 aliphatic heterocycles. The molecular weight excluding hydrogens is 321 g/mol. The molecule has 24 heavy (non-hydrogen) atoms. The molecule has 3 rings (SSSR count). The predicted molar refractivity (Wildman–Crippen MR) is 97.5 cm³/mol. The van der Waals surface area contributed by atoms with Crippen LogP contribution in [0.25, 0.3) is 0 Å². The second kappa shape index (κ2) is 7.79. The maximum Gasteiger partial charge on any atom is 0.152 e. The SMILES string of the molecule is Cc1ccc(N=C(/C=C/Sc2ccc(F)cc2)c2ccco2)cc1. The maximum absolute atomic E-state index is 12.9. The number of furan rings is 1. The Hall–Kier alpha value is -2.59. The van der Waals surface area contributed by atoms with Crippen molar-refractivity contribution in [2.45, 2.75) is 11.8 Å². The third-order valence-electron chi connectivity index (χ3n) is 3.30. The van der Waals surface area contributed by atoms with Crippen LogP contribution in [0.5, 0.6) is 0 Å². The number of hydrogen-bond donors (Lipinski definition) is 0. The lowest BCUT2D eigenvalue weighted by Crippen LogP contribution is -1.93. The number of aliphatic imine (C=N–C) groups is 1. The van der Waals surface area contributed by atoms with Gasteiger partial charge in [0.15, 0.2) is 5.76 Å². The molecule has 0 amide bonds. The van der Waals surface area contributed by atoms with Crippen LogP contribution in [0.15, 0.2) is 92.7 Å². The Morgan fingerprint density at radius 3 is 2.46 bits per heavy atom. The first-order chi connectivity index (χ1) is 11.7. The van der Waals surface area contributed by atoms with Crippen molar-refractivity contribution in [1.82, 2.24) is 0 Å². The number of halogens is 1. The lowest BCUT2D eigenvalue weighted by atomic mass is 10.2. The highest BCUT2D eigenvalue weighted by molar-refractivity contribution is 8.02. The van der Waals surface area contributed by atoms with Crippen LogP contribution in [0.2, 0.25) is 0 Å². The Morgan fingerprint density at radius 1 is 1.04 bits per heavy atom. The molecule has 0 unspecified atom stereocenters. The quantitative estimate of drug-likeness (QED) is 0.412. The van der Waals surface area contributed by atoms with Crippen LogP contribution in [0.3, 0.4) is 0 Å². The molecule has 0 atom stereocenters. The monoisotopic (exact) mass is 337 g/mol. The molecule has 120 valence electrons. The predicted octanol–water partition coefficient (Wildman–Crippen LogP) is 6.15. The molecule has 0 saturated carbocycles. The Morgan fingerprint density at radius 2 is 1.79 bits per heavy atom. The molecule has 0 radical (unpaired) electrons. The van der Waals surface area contributed by atoms with Gasteiger partial charge in [0.05, 0.1) is 12.0 Å². The van der Waals surface area contributed by atoms with Gasteiger partial charge in [-0.2, -0.15) is 0 Å². The summed E-state index contributed by atoms with van der Waals surface area (Å²) in [5.41, 5.74) is 2.79. The highest BCUT2D eigenvalue weighted by Crippen LogP contribution is 2.21. The number of thioether (sulfide) groups is 1. The van der Waals surface area contributed by atoms with Crippen molar-refractivity contribution < 1.29 is 8.81 Å². The molecule has 0 fully saturated rings. The molecule has 0 aliphatic carbocycles. The highest BCUT2D eigenvalue weighted by atomic mass is 32.2. The molecule has 4 heteroatoms. The van der Waals surface area contributed by atoms with E-state index in [9.17, 15) is 4.39 Å². The molecule has 0 bridgehead atoms. The van der Waals surface area contributed by atoms with E-state index in [0.717, 1.165) is 16.3 Å². The highest BCUT2D eigenvalue weighted by Gasteiger charge is 2.03. The summed E-state index contributed by atoms with van der Waals surface area (Å²) in [7, 11) is 0. The fourth-order valence-corrected chi connectivity index (χ4v) is 2.69. The molecule has 0 aliphatic rings. The van der Waals surface area contributed by atoms with Crippen LogP contribution in [-0.2, 0) is 0 Å². The van der Waals surface area contributed by atoms with E-state index >= 15 is 0 Å². The van der Waals surface area contributed by atoms with E-state index in [-0.39, 0.29) is 5.82 Å². The Balaban J connectivity index is 1.81. The van der Waals surface area contributed by atoms with Crippen LogP contribution >= 0.6 is 11.8 Å². The van der Waals surface area contributed by atoms with Crippen LogP contribution in [-0.4, -0.2) is 5.71 Å². The van der Waals surface area contributed by atoms with E-state index in [0.29, 0.717) is 5.76 Å².